The molecule has 0 atom stereocenters. The molecular formula is C26H19BClN5OS. The summed E-state index contributed by atoms with van der Waals surface area (Å²) in [7, 11) is 6.11. The highest BCUT2D eigenvalue weighted by Crippen LogP contribution is 2.28. The van der Waals surface area contributed by atoms with E-state index in [-0.39, 0.29) is 5.91 Å². The van der Waals surface area contributed by atoms with Crippen molar-refractivity contribution in [1.29, 1.82) is 0 Å². The summed E-state index contributed by atoms with van der Waals surface area (Å²) in [6, 6.07) is 19.0. The molecule has 0 aliphatic heterocycles. The lowest BCUT2D eigenvalue weighted by Gasteiger charge is -2.12. The van der Waals surface area contributed by atoms with Gasteiger partial charge in [-0.25, -0.2) is 4.98 Å². The Kier molecular flexibility index (Phi) is 6.65. The van der Waals surface area contributed by atoms with Crippen molar-refractivity contribution in [2.24, 2.45) is 0 Å². The van der Waals surface area contributed by atoms with E-state index in [1.165, 1.54) is 6.08 Å². The molecule has 5 rings (SSSR count). The number of aromatic nitrogens is 3. The molecule has 0 saturated heterocycles. The molecule has 3 heterocycles. The van der Waals surface area contributed by atoms with Crippen LogP contribution < -0.4 is 16.1 Å². The number of carbonyl (C=O) groups excluding carboxylic acids is 1. The topological polar surface area (TPSA) is 71.3 Å². The van der Waals surface area contributed by atoms with Crippen molar-refractivity contribution in [3.05, 3.63) is 99.8 Å². The van der Waals surface area contributed by atoms with Gasteiger partial charge in [0.2, 0.25) is 5.91 Å². The molecule has 0 aliphatic carbocycles. The molecule has 1 amide bonds. The number of hydrogen-bond donors (Lipinski definition) is 2. The first-order chi connectivity index (χ1) is 17.1. The lowest BCUT2D eigenvalue weighted by molar-refractivity contribution is -0.111. The highest BCUT2D eigenvalue weighted by atomic mass is 35.5. The van der Waals surface area contributed by atoms with Crippen LogP contribution in [0.1, 0.15) is 11.1 Å². The Hall–Kier alpha value is -3.88. The Balaban J connectivity index is 1.35. The maximum Gasteiger partial charge on any atom is 0.248 e. The molecule has 6 nitrogen and oxygen atoms in total. The molecule has 3 aromatic heterocycles. The van der Waals surface area contributed by atoms with Gasteiger partial charge in [0, 0.05) is 41.2 Å². The summed E-state index contributed by atoms with van der Waals surface area (Å²) >= 11 is 8.00. The van der Waals surface area contributed by atoms with Gasteiger partial charge in [0.05, 0.1) is 5.69 Å². The van der Waals surface area contributed by atoms with E-state index < -0.39 is 0 Å². The van der Waals surface area contributed by atoms with Crippen LogP contribution in [-0.2, 0) is 11.3 Å². The number of hydrogen-bond acceptors (Lipinski definition) is 5. The van der Waals surface area contributed by atoms with Crippen molar-refractivity contribution >= 4 is 65.4 Å². The fourth-order valence-corrected chi connectivity index (χ4v) is 4.45. The van der Waals surface area contributed by atoms with E-state index in [0.29, 0.717) is 34.1 Å². The van der Waals surface area contributed by atoms with Crippen molar-refractivity contribution in [2.45, 2.75) is 6.54 Å². The zero-order valence-corrected chi connectivity index (χ0v) is 20.1. The fourth-order valence-electron chi connectivity index (χ4n) is 3.59. The molecular weight excluding hydrogens is 477 g/mol. The lowest BCUT2D eigenvalue weighted by Crippen LogP contribution is -2.10. The molecule has 0 fully saturated rings. The third-order valence-electron chi connectivity index (χ3n) is 5.29. The van der Waals surface area contributed by atoms with Gasteiger partial charge in [-0.2, -0.15) is 21.0 Å². The largest absolute Gasteiger partial charge is 0.366 e. The minimum atomic E-state index is -0.187. The molecule has 2 N–H and O–H groups in total. The van der Waals surface area contributed by atoms with E-state index in [4.69, 9.17) is 19.4 Å². The maximum absolute atomic E-state index is 12.3. The standard InChI is InChI=1S/C26H19BClN5OS/c27-21-15-30-33-24(13-23(32-26(21)33)20-6-1-2-7-22(20)28)29-14-18-4-3-5-19(12-18)31-25(34)9-8-17-10-11-35-16-17/h1-13,15-16,29H,14H2,(H,31,34)/b9-8+. The van der Waals surface area contributed by atoms with Crippen molar-refractivity contribution in [3.63, 3.8) is 0 Å². The molecule has 2 radical (unpaired) electrons. The summed E-state index contributed by atoms with van der Waals surface area (Å²) in [6.45, 7) is 0.495. The lowest BCUT2D eigenvalue weighted by atomic mass is 10.0. The van der Waals surface area contributed by atoms with E-state index in [1.54, 1.807) is 28.1 Å². The molecule has 35 heavy (non-hydrogen) atoms. The van der Waals surface area contributed by atoms with Gasteiger partial charge < -0.3 is 10.6 Å². The number of fused-ring (bicyclic) bond motifs is 1. The average molecular weight is 496 g/mol. The number of rotatable bonds is 7. The summed E-state index contributed by atoms with van der Waals surface area (Å²) in [6.07, 6.45) is 4.89. The molecule has 9 heteroatoms. The number of nitrogens with zero attached hydrogens (tertiary/aromatic N) is 3. The summed E-state index contributed by atoms with van der Waals surface area (Å²) in [5, 5.41) is 15.2. The first kappa shape index (κ1) is 22.9. The highest BCUT2D eigenvalue weighted by Gasteiger charge is 2.12. The Labute approximate surface area is 212 Å². The molecule has 0 unspecified atom stereocenters. The SMILES string of the molecule is [B]c1cnn2c(NCc3cccc(NC(=O)/C=C/c4ccsc4)c3)cc(-c3ccccc3Cl)nc12. The predicted octanol–water partition coefficient (Wildman–Crippen LogP) is 5.17. The normalized spacial score (nSPS) is 11.2. The van der Waals surface area contributed by atoms with Crippen molar-refractivity contribution in [3.8, 4) is 11.3 Å². The van der Waals surface area contributed by atoms with Gasteiger partial charge in [-0.15, -0.1) is 0 Å². The first-order valence-corrected chi connectivity index (χ1v) is 12.1. The molecule has 5 aromatic rings. The van der Waals surface area contributed by atoms with E-state index >= 15 is 0 Å². The molecule has 0 saturated carbocycles. The third kappa shape index (κ3) is 5.29. The molecule has 0 aliphatic rings. The second-order valence-electron chi connectivity index (χ2n) is 7.77. The van der Waals surface area contributed by atoms with Crippen LogP contribution in [0.3, 0.4) is 0 Å². The first-order valence-electron chi connectivity index (χ1n) is 10.8. The van der Waals surface area contributed by atoms with E-state index in [1.807, 2.05) is 71.4 Å². The Morgan fingerprint density at radius 1 is 1.14 bits per heavy atom. The van der Waals surface area contributed by atoms with E-state index in [0.717, 1.165) is 22.5 Å². The summed E-state index contributed by atoms with van der Waals surface area (Å²) in [5.41, 5.74) is 5.21. The van der Waals surface area contributed by atoms with Gasteiger partial charge in [-0.1, -0.05) is 41.9 Å². The monoisotopic (exact) mass is 495 g/mol. The number of halogens is 1. The highest BCUT2D eigenvalue weighted by molar-refractivity contribution is 7.08. The maximum atomic E-state index is 12.3. The van der Waals surface area contributed by atoms with Crippen LogP contribution >= 0.6 is 22.9 Å². The quantitative estimate of drug-likeness (QED) is 0.241. The van der Waals surface area contributed by atoms with Gasteiger partial charge >= 0.3 is 0 Å². The van der Waals surface area contributed by atoms with E-state index in [9.17, 15) is 4.79 Å². The smallest absolute Gasteiger partial charge is 0.248 e. The Bertz CT molecular complexity index is 1530. The summed E-state index contributed by atoms with van der Waals surface area (Å²) < 4.78 is 1.66. The average Bonchev–Trinajstić information content (AvgIpc) is 3.52. The van der Waals surface area contributed by atoms with Crippen LogP contribution in [0, 0.1) is 0 Å². The number of amides is 1. The minimum absolute atomic E-state index is 0.187. The number of benzene rings is 2. The van der Waals surface area contributed by atoms with Crippen LogP contribution in [0.4, 0.5) is 11.5 Å². The number of thiophene rings is 1. The molecule has 0 spiro atoms. The zero-order valence-electron chi connectivity index (χ0n) is 18.5. The van der Waals surface area contributed by atoms with Crippen LogP contribution in [0.25, 0.3) is 23.0 Å². The van der Waals surface area contributed by atoms with Gasteiger partial charge in [-0.3, -0.25) is 4.79 Å². The van der Waals surface area contributed by atoms with Crippen molar-refractivity contribution in [1.82, 2.24) is 14.6 Å². The fraction of sp³-hybridized carbons (Fsp3) is 0.0385. The minimum Gasteiger partial charge on any atom is -0.366 e. The zero-order chi connectivity index (χ0) is 24.2. The summed E-state index contributed by atoms with van der Waals surface area (Å²) in [5.74, 6) is 0.531. The molecule has 0 bridgehead atoms. The Morgan fingerprint density at radius 3 is 2.86 bits per heavy atom. The van der Waals surface area contributed by atoms with Gasteiger partial charge in [0.25, 0.3) is 0 Å². The predicted molar refractivity (Wildman–Crippen MR) is 145 cm³/mol. The second kappa shape index (κ2) is 10.2. The second-order valence-corrected chi connectivity index (χ2v) is 8.96. The van der Waals surface area contributed by atoms with Gasteiger partial charge in [0.1, 0.15) is 13.7 Å². The number of anilines is 2. The van der Waals surface area contributed by atoms with E-state index in [2.05, 4.69) is 20.7 Å². The van der Waals surface area contributed by atoms with Crippen molar-refractivity contribution < 1.29 is 4.79 Å². The third-order valence-corrected chi connectivity index (χ3v) is 6.32. The van der Waals surface area contributed by atoms with Crippen LogP contribution in [0.15, 0.2) is 83.7 Å². The summed E-state index contributed by atoms with van der Waals surface area (Å²) in [4.78, 5) is 17.0. The van der Waals surface area contributed by atoms with Crippen molar-refractivity contribution in [2.75, 3.05) is 10.6 Å². The molecule has 170 valence electrons. The Morgan fingerprint density at radius 2 is 2.03 bits per heavy atom. The van der Waals surface area contributed by atoms with Gasteiger partial charge in [-0.05, 0) is 57.7 Å². The molecule has 2 aromatic carbocycles. The van der Waals surface area contributed by atoms with Gasteiger partial charge in [0.15, 0.2) is 5.65 Å². The van der Waals surface area contributed by atoms with Crippen LogP contribution in [-0.4, -0.2) is 28.4 Å². The number of nitrogens with one attached hydrogen (secondary N) is 2. The number of carbonyl (C=O) groups is 1. The van der Waals surface area contributed by atoms with Crippen LogP contribution in [0.2, 0.25) is 5.02 Å². The van der Waals surface area contributed by atoms with Crippen LogP contribution in [0.5, 0.6) is 0 Å².